The molecule has 2 N–H and O–H groups in total. The van der Waals surface area contributed by atoms with Crippen molar-refractivity contribution in [1.29, 1.82) is 0 Å². The predicted octanol–water partition coefficient (Wildman–Crippen LogP) is 2.66. The molecule has 2 unspecified atom stereocenters. The largest absolute Gasteiger partial charge is 0.486 e. The van der Waals surface area contributed by atoms with Crippen LogP contribution in [0.2, 0.25) is 0 Å². The molecular weight excluding hydrogens is 266 g/mol. The lowest BCUT2D eigenvalue weighted by molar-refractivity contribution is 0.153. The minimum atomic E-state index is -0.516. The van der Waals surface area contributed by atoms with Crippen molar-refractivity contribution in [2.75, 3.05) is 19.8 Å². The van der Waals surface area contributed by atoms with E-state index in [2.05, 4.69) is 19.2 Å². The summed E-state index contributed by atoms with van der Waals surface area (Å²) in [6.45, 7) is 6.34. The third-order valence-corrected chi connectivity index (χ3v) is 4.77. The summed E-state index contributed by atoms with van der Waals surface area (Å²) in [6, 6.07) is 6.18. The first kappa shape index (κ1) is 14.7. The average Bonchev–Trinajstić information content (AvgIpc) is 2.83. The summed E-state index contributed by atoms with van der Waals surface area (Å²) < 4.78 is 11.1. The first-order chi connectivity index (χ1) is 10.1. The molecule has 0 amide bonds. The molecule has 0 spiro atoms. The molecule has 1 saturated carbocycles. The molecule has 3 rings (SSSR count). The molecule has 0 aromatic heterocycles. The van der Waals surface area contributed by atoms with Crippen molar-refractivity contribution in [2.45, 2.75) is 45.3 Å². The maximum absolute atomic E-state index is 10.4. The van der Waals surface area contributed by atoms with Crippen LogP contribution in [0.5, 0.6) is 11.5 Å². The number of nitrogens with one attached hydrogen (secondary N) is 1. The number of hydrogen-bond donors (Lipinski definition) is 2. The molecule has 0 bridgehead atoms. The molecule has 21 heavy (non-hydrogen) atoms. The number of rotatable bonds is 4. The lowest BCUT2D eigenvalue weighted by atomic mass is 9.87. The van der Waals surface area contributed by atoms with Crippen LogP contribution in [-0.4, -0.2) is 30.9 Å². The summed E-state index contributed by atoms with van der Waals surface area (Å²) in [6.07, 6.45) is 3.20. The minimum absolute atomic E-state index is 0.326. The summed E-state index contributed by atoms with van der Waals surface area (Å²) in [5.74, 6) is 1.50. The molecule has 4 nitrogen and oxygen atoms in total. The zero-order valence-corrected chi connectivity index (χ0v) is 12.9. The second kappa shape index (κ2) is 5.85. The van der Waals surface area contributed by atoms with Gasteiger partial charge in [0.15, 0.2) is 11.5 Å². The number of hydrogen-bond acceptors (Lipinski definition) is 4. The molecule has 0 saturated heterocycles. The molecule has 1 aromatic rings. The molecule has 0 radical (unpaired) electrons. The van der Waals surface area contributed by atoms with Gasteiger partial charge in [-0.25, -0.2) is 0 Å². The summed E-state index contributed by atoms with van der Waals surface area (Å²) in [7, 11) is 0. The highest BCUT2D eigenvalue weighted by Crippen LogP contribution is 2.37. The normalized spacial score (nSPS) is 24.8. The molecule has 2 aliphatic rings. The van der Waals surface area contributed by atoms with Crippen LogP contribution in [0.4, 0.5) is 0 Å². The van der Waals surface area contributed by atoms with E-state index in [9.17, 15) is 5.11 Å². The zero-order chi connectivity index (χ0) is 14.9. The fourth-order valence-corrected chi connectivity index (χ4v) is 3.34. The van der Waals surface area contributed by atoms with E-state index in [-0.39, 0.29) is 0 Å². The van der Waals surface area contributed by atoms with E-state index in [0.717, 1.165) is 17.1 Å². The topological polar surface area (TPSA) is 50.7 Å². The molecule has 1 heterocycles. The van der Waals surface area contributed by atoms with E-state index in [1.807, 2.05) is 18.2 Å². The number of ether oxygens (including phenoxy) is 2. The first-order valence-electron chi connectivity index (χ1n) is 7.87. The third kappa shape index (κ3) is 3.16. The molecule has 1 fully saturated rings. The Bertz CT molecular complexity index is 501. The molecule has 1 aliphatic heterocycles. The van der Waals surface area contributed by atoms with E-state index in [0.29, 0.717) is 31.2 Å². The van der Waals surface area contributed by atoms with Crippen molar-refractivity contribution in [3.05, 3.63) is 23.8 Å². The molecular formula is C17H25NO3. The SMILES string of the molecule is CC1(C)CCCC1NCC(O)c1ccc2c(c1)OCCO2. The Morgan fingerprint density at radius 2 is 2.05 bits per heavy atom. The first-order valence-corrected chi connectivity index (χ1v) is 7.87. The van der Waals surface area contributed by atoms with E-state index < -0.39 is 6.10 Å². The zero-order valence-electron chi connectivity index (χ0n) is 12.9. The van der Waals surface area contributed by atoms with Gasteiger partial charge in [0.1, 0.15) is 13.2 Å². The van der Waals surface area contributed by atoms with Crippen LogP contribution in [0, 0.1) is 5.41 Å². The highest BCUT2D eigenvalue weighted by Gasteiger charge is 2.34. The number of fused-ring (bicyclic) bond motifs is 1. The van der Waals surface area contributed by atoms with Gasteiger partial charge in [-0.05, 0) is 36.0 Å². The average molecular weight is 291 g/mol. The lowest BCUT2D eigenvalue weighted by Crippen LogP contribution is -2.39. The standard InChI is InChI=1S/C17H25NO3/c1-17(2)7-3-4-16(17)18-11-13(19)12-5-6-14-15(10-12)21-9-8-20-14/h5-6,10,13,16,18-19H,3-4,7-9,11H2,1-2H3. The minimum Gasteiger partial charge on any atom is -0.486 e. The van der Waals surface area contributed by atoms with Crippen LogP contribution in [0.1, 0.15) is 44.8 Å². The maximum atomic E-state index is 10.4. The van der Waals surface area contributed by atoms with Crippen molar-refractivity contribution < 1.29 is 14.6 Å². The van der Waals surface area contributed by atoms with E-state index >= 15 is 0 Å². The van der Waals surface area contributed by atoms with Gasteiger partial charge in [-0.1, -0.05) is 26.3 Å². The van der Waals surface area contributed by atoms with Gasteiger partial charge in [0.25, 0.3) is 0 Å². The Morgan fingerprint density at radius 1 is 1.29 bits per heavy atom. The van der Waals surface area contributed by atoms with Crippen molar-refractivity contribution in [3.8, 4) is 11.5 Å². The van der Waals surface area contributed by atoms with Gasteiger partial charge < -0.3 is 19.9 Å². The van der Waals surface area contributed by atoms with E-state index in [1.54, 1.807) is 0 Å². The quantitative estimate of drug-likeness (QED) is 0.895. The molecule has 1 aromatic carbocycles. The van der Waals surface area contributed by atoms with Gasteiger partial charge in [0.2, 0.25) is 0 Å². The lowest BCUT2D eigenvalue weighted by Gasteiger charge is -2.29. The fourth-order valence-electron chi connectivity index (χ4n) is 3.34. The van der Waals surface area contributed by atoms with Gasteiger partial charge >= 0.3 is 0 Å². The van der Waals surface area contributed by atoms with Gasteiger partial charge in [-0.15, -0.1) is 0 Å². The van der Waals surface area contributed by atoms with Crippen molar-refractivity contribution in [3.63, 3.8) is 0 Å². The van der Waals surface area contributed by atoms with Crippen molar-refractivity contribution in [1.82, 2.24) is 5.32 Å². The number of benzene rings is 1. The summed E-state index contributed by atoms with van der Waals surface area (Å²) in [5, 5.41) is 13.9. The highest BCUT2D eigenvalue weighted by atomic mass is 16.6. The maximum Gasteiger partial charge on any atom is 0.161 e. The van der Waals surface area contributed by atoms with Crippen LogP contribution in [-0.2, 0) is 0 Å². The van der Waals surface area contributed by atoms with Crippen molar-refractivity contribution >= 4 is 0 Å². The molecule has 1 aliphatic carbocycles. The van der Waals surface area contributed by atoms with Gasteiger partial charge in [0, 0.05) is 12.6 Å². The highest BCUT2D eigenvalue weighted by molar-refractivity contribution is 5.44. The number of aliphatic hydroxyl groups is 1. The number of aliphatic hydroxyl groups excluding tert-OH is 1. The molecule has 2 atom stereocenters. The van der Waals surface area contributed by atoms with Crippen LogP contribution in [0.3, 0.4) is 0 Å². The van der Waals surface area contributed by atoms with Crippen LogP contribution >= 0.6 is 0 Å². The summed E-state index contributed by atoms with van der Waals surface area (Å²) in [5.41, 5.74) is 1.20. The van der Waals surface area contributed by atoms with Crippen molar-refractivity contribution in [2.24, 2.45) is 5.41 Å². The van der Waals surface area contributed by atoms with Gasteiger partial charge in [-0.2, -0.15) is 0 Å². The van der Waals surface area contributed by atoms with Crippen LogP contribution in [0.15, 0.2) is 18.2 Å². The fraction of sp³-hybridized carbons (Fsp3) is 0.647. The second-order valence-electron chi connectivity index (χ2n) is 6.76. The summed E-state index contributed by atoms with van der Waals surface area (Å²) >= 11 is 0. The predicted molar refractivity (Wildman–Crippen MR) is 81.8 cm³/mol. The monoisotopic (exact) mass is 291 g/mol. The van der Waals surface area contributed by atoms with Gasteiger partial charge in [-0.3, -0.25) is 0 Å². The Morgan fingerprint density at radius 3 is 2.76 bits per heavy atom. The van der Waals surface area contributed by atoms with Crippen LogP contribution < -0.4 is 14.8 Å². The second-order valence-corrected chi connectivity index (χ2v) is 6.76. The Kier molecular flexibility index (Phi) is 4.09. The molecule has 4 heteroatoms. The molecule has 116 valence electrons. The Labute approximate surface area is 126 Å². The van der Waals surface area contributed by atoms with E-state index in [1.165, 1.54) is 19.3 Å². The Hall–Kier alpha value is -1.26. The van der Waals surface area contributed by atoms with E-state index in [4.69, 9.17) is 9.47 Å². The third-order valence-electron chi connectivity index (χ3n) is 4.77. The van der Waals surface area contributed by atoms with Gasteiger partial charge in [0.05, 0.1) is 6.10 Å². The Balaban J connectivity index is 1.61. The smallest absolute Gasteiger partial charge is 0.161 e. The summed E-state index contributed by atoms with van der Waals surface area (Å²) in [4.78, 5) is 0. The van der Waals surface area contributed by atoms with Crippen LogP contribution in [0.25, 0.3) is 0 Å².